The molecule has 10 heteroatoms. The summed E-state index contributed by atoms with van der Waals surface area (Å²) in [6, 6.07) is 3.02. The molecule has 4 fully saturated rings. The molecule has 1 aromatic rings. The largest absolute Gasteiger partial charge is 0.494 e. The Hall–Kier alpha value is -2.46. The van der Waals surface area contributed by atoms with Crippen molar-refractivity contribution in [2.24, 2.45) is 34.0 Å². The number of hydrogen-bond acceptors (Lipinski definition) is 8. The quantitative estimate of drug-likeness (QED) is 0.444. The maximum atomic E-state index is 15.0. The van der Waals surface area contributed by atoms with Crippen LogP contribution in [0, 0.1) is 39.8 Å². The topological polar surface area (TPSA) is 108 Å². The highest BCUT2D eigenvalue weighted by atomic mass is 19.1. The van der Waals surface area contributed by atoms with E-state index < -0.39 is 42.4 Å². The lowest BCUT2D eigenvalue weighted by Gasteiger charge is -2.63. The van der Waals surface area contributed by atoms with E-state index in [4.69, 9.17) is 18.9 Å². The van der Waals surface area contributed by atoms with E-state index in [2.05, 4.69) is 27.7 Å². The molecule has 0 aromatic heterocycles. The molecule has 0 spiro atoms. The second-order valence-electron chi connectivity index (χ2n) is 13.4. The van der Waals surface area contributed by atoms with Gasteiger partial charge >= 0.3 is 19.1 Å². The summed E-state index contributed by atoms with van der Waals surface area (Å²) in [5.41, 5.74) is -0.802. The van der Waals surface area contributed by atoms with Gasteiger partial charge in [0.05, 0.1) is 6.61 Å². The molecule has 1 aromatic carbocycles. The van der Waals surface area contributed by atoms with Crippen LogP contribution in [0.2, 0.25) is 0 Å². The summed E-state index contributed by atoms with van der Waals surface area (Å²) in [4.78, 5) is 39.5. The lowest BCUT2D eigenvalue weighted by Crippen LogP contribution is -2.64. The van der Waals surface area contributed by atoms with Crippen molar-refractivity contribution >= 4 is 30.3 Å². The Balaban J connectivity index is 1.31. The van der Waals surface area contributed by atoms with Gasteiger partial charge < -0.3 is 23.9 Å². The van der Waals surface area contributed by atoms with Crippen LogP contribution in [0.25, 0.3) is 0 Å². The Morgan fingerprint density at radius 3 is 2.73 bits per heavy atom. The number of carbonyl (C=O) groups is 3. The molecule has 1 unspecified atom stereocenters. The molecule has 8 nitrogen and oxygen atoms in total. The van der Waals surface area contributed by atoms with Crippen LogP contribution in [0.1, 0.15) is 78.2 Å². The summed E-state index contributed by atoms with van der Waals surface area (Å²) < 4.78 is 37.9. The first-order valence-electron chi connectivity index (χ1n) is 14.6. The van der Waals surface area contributed by atoms with Gasteiger partial charge in [-0.1, -0.05) is 33.8 Å². The first-order valence-corrected chi connectivity index (χ1v) is 14.6. The van der Waals surface area contributed by atoms with E-state index in [0.717, 1.165) is 19.3 Å². The summed E-state index contributed by atoms with van der Waals surface area (Å²) in [5, 5.41) is 9.95. The Morgan fingerprint density at radius 2 is 1.95 bits per heavy atom. The van der Waals surface area contributed by atoms with Gasteiger partial charge in [-0.05, 0) is 55.1 Å². The Kier molecular flexibility index (Phi) is 6.61. The van der Waals surface area contributed by atoms with E-state index in [1.165, 1.54) is 6.07 Å². The molecule has 6 rings (SSSR count). The summed E-state index contributed by atoms with van der Waals surface area (Å²) in [6.45, 7) is 8.09. The summed E-state index contributed by atoms with van der Waals surface area (Å²) in [6.07, 6.45) is 3.40. The predicted octanol–water partition coefficient (Wildman–Crippen LogP) is 3.49. The van der Waals surface area contributed by atoms with E-state index in [9.17, 15) is 19.4 Å². The highest BCUT2D eigenvalue weighted by Gasteiger charge is 2.69. The maximum absolute atomic E-state index is 15.0. The summed E-state index contributed by atoms with van der Waals surface area (Å²) in [7, 11) is -1.38. The van der Waals surface area contributed by atoms with Crippen LogP contribution in [0.15, 0.2) is 12.1 Å². The zero-order valence-electron chi connectivity index (χ0n) is 23.7. The van der Waals surface area contributed by atoms with Crippen LogP contribution in [-0.4, -0.2) is 48.7 Å². The lowest BCUT2D eigenvalue weighted by atomic mass is 9.43. The molecule has 3 saturated carbocycles. The van der Waals surface area contributed by atoms with Gasteiger partial charge in [0.25, 0.3) is 0 Å². The zero-order chi connectivity index (χ0) is 28.6. The van der Waals surface area contributed by atoms with Gasteiger partial charge in [0.1, 0.15) is 18.0 Å². The molecule has 1 N–H and O–H groups in total. The molecular formula is C30H38BFO8. The van der Waals surface area contributed by atoms with Crippen molar-refractivity contribution < 1.29 is 42.7 Å². The number of benzene rings is 1. The third-order valence-corrected chi connectivity index (χ3v) is 11.5. The van der Waals surface area contributed by atoms with Crippen LogP contribution in [0.4, 0.5) is 4.39 Å². The minimum Gasteiger partial charge on any atom is -0.479 e. The van der Waals surface area contributed by atoms with Gasteiger partial charge in [0.15, 0.2) is 18.2 Å². The molecule has 8 atom stereocenters. The van der Waals surface area contributed by atoms with Crippen molar-refractivity contribution in [1.29, 1.82) is 0 Å². The van der Waals surface area contributed by atoms with Crippen molar-refractivity contribution in [3.8, 4) is 5.75 Å². The minimum absolute atomic E-state index is 0.00660. The van der Waals surface area contributed by atoms with Gasteiger partial charge in [-0.3, -0.25) is 9.59 Å². The molecule has 40 heavy (non-hydrogen) atoms. The molecule has 0 amide bonds. The number of ether oxygens (including phenoxy) is 3. The maximum Gasteiger partial charge on any atom is 0.494 e. The fourth-order valence-electron chi connectivity index (χ4n) is 9.11. The lowest BCUT2D eigenvalue weighted by molar-refractivity contribution is -0.227. The number of ketones is 1. The Morgan fingerprint density at radius 1 is 1.18 bits per heavy atom. The monoisotopic (exact) mass is 556 g/mol. The fourth-order valence-corrected chi connectivity index (χ4v) is 9.11. The van der Waals surface area contributed by atoms with Crippen LogP contribution < -0.4 is 10.2 Å². The highest BCUT2D eigenvalue weighted by Crippen LogP contribution is 2.68. The van der Waals surface area contributed by atoms with Crippen molar-refractivity contribution in [3.05, 3.63) is 23.5 Å². The van der Waals surface area contributed by atoms with Gasteiger partial charge in [-0.15, -0.1) is 0 Å². The number of esters is 2. The molecule has 2 bridgehead atoms. The number of halogens is 1. The highest BCUT2D eigenvalue weighted by molar-refractivity contribution is 6.61. The van der Waals surface area contributed by atoms with Crippen molar-refractivity contribution in [3.63, 3.8) is 0 Å². The fraction of sp³-hybridized carbons (Fsp3) is 0.700. The van der Waals surface area contributed by atoms with Gasteiger partial charge in [-0.2, -0.15) is 0 Å². The average Bonchev–Trinajstić information content (AvgIpc) is 3.47. The number of hydrogen-bond donors (Lipinski definition) is 1. The van der Waals surface area contributed by atoms with Crippen molar-refractivity contribution in [1.82, 2.24) is 0 Å². The van der Waals surface area contributed by atoms with Gasteiger partial charge in [-0.25, -0.2) is 9.18 Å². The second kappa shape index (κ2) is 9.55. The third-order valence-electron chi connectivity index (χ3n) is 11.5. The molecule has 2 aliphatic heterocycles. The Bertz CT molecular complexity index is 1250. The van der Waals surface area contributed by atoms with E-state index in [1.807, 2.05) is 0 Å². The first kappa shape index (κ1) is 27.7. The third kappa shape index (κ3) is 3.96. The normalized spacial score (nSPS) is 40.4. The van der Waals surface area contributed by atoms with E-state index >= 15 is 4.39 Å². The van der Waals surface area contributed by atoms with Crippen molar-refractivity contribution in [2.75, 3.05) is 6.61 Å². The smallest absolute Gasteiger partial charge is 0.479 e. The number of fused-ring (bicyclic) bond motifs is 2. The minimum atomic E-state index is -1.38. The van der Waals surface area contributed by atoms with E-state index in [-0.39, 0.29) is 58.8 Å². The van der Waals surface area contributed by atoms with Crippen LogP contribution in [0.5, 0.6) is 5.75 Å². The predicted molar refractivity (Wildman–Crippen MR) is 142 cm³/mol. The van der Waals surface area contributed by atoms with E-state index in [0.29, 0.717) is 31.2 Å². The molecular weight excluding hydrogens is 518 g/mol. The number of rotatable bonds is 4. The zero-order valence-corrected chi connectivity index (χ0v) is 23.7. The molecule has 216 valence electrons. The molecule has 0 radical (unpaired) electrons. The number of carbonyl (C=O) groups excluding carboxylic acids is 3. The Labute approximate surface area is 234 Å². The molecule has 5 aliphatic rings. The van der Waals surface area contributed by atoms with Crippen LogP contribution >= 0.6 is 0 Å². The van der Waals surface area contributed by atoms with Gasteiger partial charge in [0, 0.05) is 41.0 Å². The molecule has 2 heterocycles. The SMILES string of the molecule is C[C@@H]1CC[C@@]23CCC(=O)C2[C@]1(C)[C@H](OC(=O)COc1ccc2c(c1F)B(O)OC2)C[C@@]1(C)CCC(=O)O[C@H]1[C@@H]3C. The van der Waals surface area contributed by atoms with Crippen LogP contribution in [-0.2, 0) is 35.1 Å². The summed E-state index contributed by atoms with van der Waals surface area (Å²) >= 11 is 0. The van der Waals surface area contributed by atoms with Gasteiger partial charge in [0.2, 0.25) is 0 Å². The number of Topliss-reactive ketones (excluding diaryl/α,β-unsaturated/α-hetero) is 1. The summed E-state index contributed by atoms with van der Waals surface area (Å²) in [5.74, 6) is -1.77. The average molecular weight is 556 g/mol. The molecule has 1 saturated heterocycles. The van der Waals surface area contributed by atoms with Crippen molar-refractivity contribution in [2.45, 2.75) is 91.5 Å². The second-order valence-corrected chi connectivity index (χ2v) is 13.4. The van der Waals surface area contributed by atoms with Crippen LogP contribution in [0.3, 0.4) is 0 Å². The molecule has 3 aliphatic carbocycles. The van der Waals surface area contributed by atoms with E-state index in [1.54, 1.807) is 6.07 Å². The first-order chi connectivity index (χ1) is 18.9. The standard InChI is InChI=1S/C30H38BFO8/c1-16-7-11-30-12-8-19(33)26(30)29(16,4)21(13-28(3)10-9-22(34)40-27(28)17(30)2)39-23(35)15-37-20-6-5-18-14-38-31(36)24(18)25(20)32/h5-6,16-17,21,26-27,36H,7-15H2,1-4H3/t16-,17+,21-,26?,27+,28-,29+,30+/m1/s1.